The summed E-state index contributed by atoms with van der Waals surface area (Å²) in [6, 6.07) is 9.85. The van der Waals surface area contributed by atoms with E-state index in [1.807, 2.05) is 18.2 Å². The van der Waals surface area contributed by atoms with Crippen molar-refractivity contribution in [3.63, 3.8) is 0 Å². The lowest BCUT2D eigenvalue weighted by atomic mass is 10.2. The van der Waals surface area contributed by atoms with Gasteiger partial charge in [-0.1, -0.05) is 29.3 Å². The van der Waals surface area contributed by atoms with Crippen LogP contribution in [-0.2, 0) is 13.1 Å². The number of halogens is 3. The quantitative estimate of drug-likeness (QED) is 0.808. The maximum atomic E-state index is 5.95. The molecule has 1 aromatic carbocycles. The number of nitrogens with one attached hydrogen (secondary N) is 1. The van der Waals surface area contributed by atoms with E-state index in [2.05, 4.69) is 33.4 Å². The Balaban J connectivity index is 1.87. The summed E-state index contributed by atoms with van der Waals surface area (Å²) in [5, 5.41) is 4.56. The van der Waals surface area contributed by atoms with Crippen LogP contribution in [0.25, 0.3) is 0 Å². The van der Waals surface area contributed by atoms with Gasteiger partial charge in [0.2, 0.25) is 0 Å². The van der Waals surface area contributed by atoms with Crippen LogP contribution in [0.4, 0.5) is 0 Å². The molecule has 1 heterocycles. The number of hydrogen-bond donors (Lipinski definition) is 1. The molecule has 0 unspecified atom stereocenters. The van der Waals surface area contributed by atoms with Crippen LogP contribution < -0.4 is 5.32 Å². The predicted molar refractivity (Wildman–Crippen MR) is 79.0 cm³/mol. The van der Waals surface area contributed by atoms with Crippen LogP contribution in [0.15, 0.2) is 34.1 Å². The predicted octanol–water partition coefficient (Wildman–Crippen LogP) is 5.11. The minimum absolute atomic E-state index is 0.595. The maximum Gasteiger partial charge on any atom is 0.0701 e. The monoisotopic (exact) mass is 349 g/mol. The van der Waals surface area contributed by atoms with Crippen LogP contribution in [-0.4, -0.2) is 0 Å². The summed E-state index contributed by atoms with van der Waals surface area (Å²) in [4.78, 5) is 1.30. The van der Waals surface area contributed by atoms with Crippen LogP contribution in [0.1, 0.15) is 10.4 Å². The van der Waals surface area contributed by atoms with Gasteiger partial charge in [-0.25, -0.2) is 0 Å². The minimum Gasteiger partial charge on any atom is -0.308 e. The molecule has 0 bridgehead atoms. The number of hydrogen-bond acceptors (Lipinski definition) is 2. The van der Waals surface area contributed by atoms with Crippen molar-refractivity contribution in [3.05, 3.63) is 54.6 Å². The largest absolute Gasteiger partial charge is 0.308 e. The molecule has 90 valence electrons. The lowest BCUT2D eigenvalue weighted by Gasteiger charge is -2.04. The first-order valence-corrected chi connectivity index (χ1v) is 7.40. The molecule has 0 saturated carbocycles. The Morgan fingerprint density at radius 3 is 2.53 bits per heavy atom. The van der Waals surface area contributed by atoms with E-state index in [1.165, 1.54) is 4.88 Å². The zero-order valence-electron chi connectivity index (χ0n) is 8.84. The smallest absolute Gasteiger partial charge is 0.0701 e. The van der Waals surface area contributed by atoms with Crippen LogP contribution in [0, 0.1) is 0 Å². The van der Waals surface area contributed by atoms with Gasteiger partial charge in [0.05, 0.1) is 13.8 Å². The van der Waals surface area contributed by atoms with E-state index in [4.69, 9.17) is 23.2 Å². The maximum absolute atomic E-state index is 5.95. The highest BCUT2D eigenvalue weighted by Crippen LogP contribution is 2.23. The molecule has 0 amide bonds. The molecule has 0 aliphatic carbocycles. The third-order valence-corrected chi connectivity index (χ3v) is 4.60. The Kier molecular flexibility index (Phi) is 4.88. The molecule has 1 nitrogen and oxygen atoms in total. The van der Waals surface area contributed by atoms with Gasteiger partial charge in [-0.15, -0.1) is 11.3 Å². The average Bonchev–Trinajstić information content (AvgIpc) is 2.70. The van der Waals surface area contributed by atoms with E-state index in [0.717, 1.165) is 22.4 Å². The molecule has 1 aromatic heterocycles. The fourth-order valence-corrected chi connectivity index (χ4v) is 3.20. The van der Waals surface area contributed by atoms with Crippen LogP contribution in [0.3, 0.4) is 0 Å². The highest BCUT2D eigenvalue weighted by atomic mass is 79.9. The van der Waals surface area contributed by atoms with E-state index >= 15 is 0 Å². The number of benzene rings is 1. The van der Waals surface area contributed by atoms with Gasteiger partial charge >= 0.3 is 0 Å². The highest BCUT2D eigenvalue weighted by molar-refractivity contribution is 9.11. The molecule has 0 aliphatic rings. The van der Waals surface area contributed by atoms with Gasteiger partial charge in [-0.3, -0.25) is 0 Å². The second-order valence-electron chi connectivity index (χ2n) is 3.56. The Morgan fingerprint density at radius 2 is 1.88 bits per heavy atom. The molecule has 1 N–H and O–H groups in total. The summed E-state index contributed by atoms with van der Waals surface area (Å²) in [7, 11) is 0. The molecular formula is C12H10BrCl2NS. The molecule has 2 aromatic rings. The molecule has 5 heteroatoms. The standard InChI is InChI=1S/C12H10BrCl2NS/c13-12-4-2-9(17-12)7-16-6-8-1-3-10(14)11(15)5-8/h1-5,16H,6-7H2. The minimum atomic E-state index is 0.595. The number of rotatable bonds is 4. The van der Waals surface area contributed by atoms with E-state index in [0.29, 0.717) is 10.0 Å². The molecule has 0 radical (unpaired) electrons. The van der Waals surface area contributed by atoms with E-state index in [9.17, 15) is 0 Å². The Hall–Kier alpha value is -0.0600. The van der Waals surface area contributed by atoms with Crippen molar-refractivity contribution >= 4 is 50.5 Å². The highest BCUT2D eigenvalue weighted by Gasteiger charge is 2.00. The first-order chi connectivity index (χ1) is 8.15. The van der Waals surface area contributed by atoms with Crippen molar-refractivity contribution in [2.45, 2.75) is 13.1 Å². The average molecular weight is 351 g/mol. The summed E-state index contributed by atoms with van der Waals surface area (Å²) >= 11 is 17.0. The fraction of sp³-hybridized carbons (Fsp3) is 0.167. The second kappa shape index (κ2) is 6.21. The Bertz CT molecular complexity index is 513. The molecular weight excluding hydrogens is 341 g/mol. The lowest BCUT2D eigenvalue weighted by molar-refractivity contribution is 0.701. The van der Waals surface area contributed by atoms with E-state index < -0.39 is 0 Å². The van der Waals surface area contributed by atoms with Gasteiger partial charge in [0, 0.05) is 18.0 Å². The van der Waals surface area contributed by atoms with Gasteiger partial charge < -0.3 is 5.32 Å². The molecule has 0 saturated heterocycles. The van der Waals surface area contributed by atoms with Gasteiger partial charge in [0.1, 0.15) is 0 Å². The van der Waals surface area contributed by atoms with Crippen LogP contribution in [0.2, 0.25) is 10.0 Å². The van der Waals surface area contributed by atoms with Gasteiger partial charge in [0.25, 0.3) is 0 Å². The van der Waals surface area contributed by atoms with Gasteiger partial charge in [0.15, 0.2) is 0 Å². The molecule has 17 heavy (non-hydrogen) atoms. The Morgan fingerprint density at radius 1 is 1.06 bits per heavy atom. The van der Waals surface area contributed by atoms with Crippen LogP contribution >= 0.6 is 50.5 Å². The molecule has 2 rings (SSSR count). The van der Waals surface area contributed by atoms with Crippen molar-refractivity contribution in [2.24, 2.45) is 0 Å². The van der Waals surface area contributed by atoms with E-state index in [-0.39, 0.29) is 0 Å². The van der Waals surface area contributed by atoms with Crippen molar-refractivity contribution in [3.8, 4) is 0 Å². The van der Waals surface area contributed by atoms with E-state index in [1.54, 1.807) is 11.3 Å². The summed E-state index contributed by atoms with van der Waals surface area (Å²) in [5.41, 5.74) is 1.13. The topological polar surface area (TPSA) is 12.0 Å². The van der Waals surface area contributed by atoms with Gasteiger partial charge in [-0.05, 0) is 45.8 Å². The lowest BCUT2D eigenvalue weighted by Crippen LogP contribution is -2.11. The van der Waals surface area contributed by atoms with Crippen LogP contribution in [0.5, 0.6) is 0 Å². The molecule has 0 atom stereocenters. The second-order valence-corrected chi connectivity index (χ2v) is 6.92. The zero-order chi connectivity index (χ0) is 12.3. The SMILES string of the molecule is Clc1ccc(CNCc2ccc(Br)s2)cc1Cl. The van der Waals surface area contributed by atoms with Crippen molar-refractivity contribution in [1.82, 2.24) is 5.32 Å². The van der Waals surface area contributed by atoms with Crippen molar-refractivity contribution in [2.75, 3.05) is 0 Å². The first-order valence-electron chi connectivity index (χ1n) is 5.04. The summed E-state index contributed by atoms with van der Waals surface area (Å²) in [6.07, 6.45) is 0. The zero-order valence-corrected chi connectivity index (χ0v) is 12.8. The fourth-order valence-electron chi connectivity index (χ4n) is 1.43. The van der Waals surface area contributed by atoms with Gasteiger partial charge in [-0.2, -0.15) is 0 Å². The third kappa shape index (κ3) is 3.97. The van der Waals surface area contributed by atoms with Crippen molar-refractivity contribution < 1.29 is 0 Å². The normalized spacial score (nSPS) is 10.8. The first kappa shape index (κ1) is 13.4. The summed E-state index contributed by atoms with van der Waals surface area (Å²) in [6.45, 7) is 1.64. The summed E-state index contributed by atoms with van der Waals surface area (Å²) in [5.74, 6) is 0. The molecule has 0 fully saturated rings. The van der Waals surface area contributed by atoms with Crippen molar-refractivity contribution in [1.29, 1.82) is 0 Å². The molecule has 0 aliphatic heterocycles. The molecule has 0 spiro atoms. The Labute approximate surface area is 123 Å². The third-order valence-electron chi connectivity index (χ3n) is 2.24. The number of thiophene rings is 1. The summed E-state index contributed by atoms with van der Waals surface area (Å²) < 4.78 is 1.16.